The van der Waals surface area contributed by atoms with Gasteiger partial charge < -0.3 is 15.0 Å². The van der Waals surface area contributed by atoms with Crippen molar-refractivity contribution in [2.75, 3.05) is 36.1 Å². The zero-order valence-electron chi connectivity index (χ0n) is 12.7. The Balaban J connectivity index is 2.20. The molecular formula is C14H24N4OS. The topological polar surface area (TPSA) is 50.3 Å². The molecule has 1 aliphatic heterocycles. The third-order valence-corrected chi connectivity index (χ3v) is 3.72. The minimum absolute atomic E-state index is 0.235. The van der Waals surface area contributed by atoms with Crippen molar-refractivity contribution in [2.45, 2.75) is 44.6 Å². The molecule has 0 amide bonds. The van der Waals surface area contributed by atoms with Crippen LogP contribution >= 0.6 is 11.8 Å². The van der Waals surface area contributed by atoms with Crippen LogP contribution in [-0.4, -0.2) is 48.1 Å². The van der Waals surface area contributed by atoms with Crippen LogP contribution in [-0.2, 0) is 4.74 Å². The fourth-order valence-corrected chi connectivity index (χ4v) is 2.75. The first-order chi connectivity index (χ1) is 9.62. The van der Waals surface area contributed by atoms with Gasteiger partial charge in [-0.1, -0.05) is 18.7 Å². The van der Waals surface area contributed by atoms with Crippen molar-refractivity contribution in [3.8, 4) is 0 Å². The third-order valence-electron chi connectivity index (χ3n) is 3.17. The van der Waals surface area contributed by atoms with E-state index in [1.807, 2.05) is 12.3 Å². The van der Waals surface area contributed by atoms with E-state index in [0.29, 0.717) is 0 Å². The molecule has 20 heavy (non-hydrogen) atoms. The molecule has 0 unspecified atom stereocenters. The largest absolute Gasteiger partial charge is 0.372 e. The van der Waals surface area contributed by atoms with Crippen LogP contribution in [0.2, 0.25) is 0 Å². The second kappa shape index (κ2) is 7.13. The quantitative estimate of drug-likeness (QED) is 0.666. The molecule has 0 spiro atoms. The summed E-state index contributed by atoms with van der Waals surface area (Å²) in [5, 5.41) is 4.16. The van der Waals surface area contributed by atoms with E-state index in [1.54, 1.807) is 11.8 Å². The molecule has 0 aromatic carbocycles. The number of aromatic nitrogens is 2. The Morgan fingerprint density at radius 2 is 2.05 bits per heavy atom. The summed E-state index contributed by atoms with van der Waals surface area (Å²) >= 11 is 1.58. The van der Waals surface area contributed by atoms with Crippen molar-refractivity contribution >= 4 is 23.4 Å². The fraction of sp³-hybridized carbons (Fsp3) is 0.714. The lowest BCUT2D eigenvalue weighted by molar-refractivity contribution is -0.00549. The maximum Gasteiger partial charge on any atom is 0.191 e. The SMILES string of the molecule is CCCNc1cc(N2C[C@@H](C)O[C@@H](C)C2)nc(SC)n1. The summed E-state index contributed by atoms with van der Waals surface area (Å²) in [6.45, 7) is 9.05. The van der Waals surface area contributed by atoms with Crippen LogP contribution in [0.3, 0.4) is 0 Å². The Hall–Kier alpha value is -1.01. The molecule has 0 bridgehead atoms. The van der Waals surface area contributed by atoms with E-state index in [1.165, 1.54) is 0 Å². The van der Waals surface area contributed by atoms with E-state index in [4.69, 9.17) is 4.74 Å². The smallest absolute Gasteiger partial charge is 0.191 e. The molecule has 2 heterocycles. The van der Waals surface area contributed by atoms with Gasteiger partial charge in [0.1, 0.15) is 11.6 Å². The molecule has 1 aromatic rings. The first kappa shape index (κ1) is 15.4. The Morgan fingerprint density at radius 3 is 2.65 bits per heavy atom. The number of morpholine rings is 1. The van der Waals surface area contributed by atoms with Crippen LogP contribution in [0.5, 0.6) is 0 Å². The number of nitrogens with one attached hydrogen (secondary N) is 1. The number of ether oxygens (including phenoxy) is 1. The predicted molar refractivity (Wildman–Crippen MR) is 84.8 cm³/mol. The van der Waals surface area contributed by atoms with Gasteiger partial charge in [-0.3, -0.25) is 0 Å². The molecule has 6 heteroatoms. The van der Waals surface area contributed by atoms with Gasteiger partial charge in [0, 0.05) is 25.7 Å². The molecule has 1 aromatic heterocycles. The highest BCUT2D eigenvalue weighted by atomic mass is 32.2. The Labute approximate surface area is 125 Å². The molecule has 1 N–H and O–H groups in total. The monoisotopic (exact) mass is 296 g/mol. The summed E-state index contributed by atoms with van der Waals surface area (Å²) in [5.74, 6) is 1.90. The molecule has 112 valence electrons. The van der Waals surface area contributed by atoms with Gasteiger partial charge in [-0.05, 0) is 26.5 Å². The summed E-state index contributed by atoms with van der Waals surface area (Å²) in [4.78, 5) is 11.4. The lowest BCUT2D eigenvalue weighted by atomic mass is 10.2. The van der Waals surface area contributed by atoms with Gasteiger partial charge >= 0.3 is 0 Å². The molecule has 2 rings (SSSR count). The Bertz CT molecular complexity index is 433. The number of rotatable bonds is 5. The number of hydrogen-bond acceptors (Lipinski definition) is 6. The van der Waals surface area contributed by atoms with Gasteiger partial charge in [0.05, 0.1) is 12.2 Å². The Morgan fingerprint density at radius 1 is 1.35 bits per heavy atom. The second-order valence-corrected chi connectivity index (χ2v) is 5.96. The van der Waals surface area contributed by atoms with Crippen molar-refractivity contribution in [3.63, 3.8) is 0 Å². The molecule has 1 aliphatic rings. The van der Waals surface area contributed by atoms with E-state index in [2.05, 4.69) is 41.0 Å². The summed E-state index contributed by atoms with van der Waals surface area (Å²) in [7, 11) is 0. The fourth-order valence-electron chi connectivity index (χ4n) is 2.37. The highest BCUT2D eigenvalue weighted by Crippen LogP contribution is 2.23. The lowest BCUT2D eigenvalue weighted by Gasteiger charge is -2.36. The maximum atomic E-state index is 5.78. The summed E-state index contributed by atoms with van der Waals surface area (Å²) < 4.78 is 5.78. The third kappa shape index (κ3) is 3.99. The zero-order valence-corrected chi connectivity index (χ0v) is 13.5. The molecule has 1 fully saturated rings. The summed E-state index contributed by atoms with van der Waals surface area (Å²) in [6.07, 6.45) is 3.56. The van der Waals surface area contributed by atoms with Gasteiger partial charge in [-0.25, -0.2) is 9.97 Å². The van der Waals surface area contributed by atoms with Crippen molar-refractivity contribution in [1.82, 2.24) is 9.97 Å². The highest BCUT2D eigenvalue weighted by molar-refractivity contribution is 7.98. The van der Waals surface area contributed by atoms with E-state index in [0.717, 1.165) is 42.8 Å². The van der Waals surface area contributed by atoms with E-state index in [-0.39, 0.29) is 12.2 Å². The van der Waals surface area contributed by atoms with Gasteiger partial charge in [-0.15, -0.1) is 0 Å². The predicted octanol–water partition coefficient (Wildman–Crippen LogP) is 2.63. The highest BCUT2D eigenvalue weighted by Gasteiger charge is 2.23. The van der Waals surface area contributed by atoms with Crippen LogP contribution in [0.1, 0.15) is 27.2 Å². The van der Waals surface area contributed by atoms with Crippen molar-refractivity contribution in [3.05, 3.63) is 6.07 Å². The first-order valence-electron chi connectivity index (χ1n) is 7.19. The average Bonchev–Trinajstić information content (AvgIpc) is 2.43. The minimum Gasteiger partial charge on any atom is -0.372 e. The van der Waals surface area contributed by atoms with Crippen molar-refractivity contribution < 1.29 is 4.74 Å². The maximum absolute atomic E-state index is 5.78. The number of nitrogens with zero attached hydrogens (tertiary/aromatic N) is 3. The lowest BCUT2D eigenvalue weighted by Crippen LogP contribution is -2.45. The molecule has 0 radical (unpaired) electrons. The molecule has 5 nitrogen and oxygen atoms in total. The zero-order chi connectivity index (χ0) is 14.5. The minimum atomic E-state index is 0.235. The van der Waals surface area contributed by atoms with Gasteiger partial charge in [0.25, 0.3) is 0 Å². The molecule has 0 aliphatic carbocycles. The number of anilines is 2. The van der Waals surface area contributed by atoms with Gasteiger partial charge in [0.15, 0.2) is 5.16 Å². The van der Waals surface area contributed by atoms with Crippen LogP contribution in [0.4, 0.5) is 11.6 Å². The Kier molecular flexibility index (Phi) is 5.48. The molecule has 2 atom stereocenters. The van der Waals surface area contributed by atoms with Crippen LogP contribution in [0.25, 0.3) is 0 Å². The van der Waals surface area contributed by atoms with Crippen LogP contribution < -0.4 is 10.2 Å². The van der Waals surface area contributed by atoms with Gasteiger partial charge in [0.2, 0.25) is 0 Å². The summed E-state index contributed by atoms with van der Waals surface area (Å²) in [6, 6.07) is 2.04. The normalized spacial score (nSPS) is 22.9. The van der Waals surface area contributed by atoms with Gasteiger partial charge in [-0.2, -0.15) is 0 Å². The summed E-state index contributed by atoms with van der Waals surface area (Å²) in [5.41, 5.74) is 0. The second-order valence-electron chi connectivity index (χ2n) is 5.19. The average molecular weight is 296 g/mol. The molecule has 0 saturated carbocycles. The molecular weight excluding hydrogens is 272 g/mol. The van der Waals surface area contributed by atoms with Crippen molar-refractivity contribution in [2.24, 2.45) is 0 Å². The van der Waals surface area contributed by atoms with E-state index >= 15 is 0 Å². The molecule has 1 saturated heterocycles. The van der Waals surface area contributed by atoms with E-state index in [9.17, 15) is 0 Å². The standard InChI is InChI=1S/C14H24N4OS/c1-5-6-15-12-7-13(17-14(16-12)20-4)18-8-10(2)19-11(3)9-18/h7,10-11H,5-6,8-9H2,1-4H3,(H,15,16,17)/t10-,11+. The van der Waals surface area contributed by atoms with E-state index < -0.39 is 0 Å². The van der Waals surface area contributed by atoms with Crippen molar-refractivity contribution in [1.29, 1.82) is 0 Å². The first-order valence-corrected chi connectivity index (χ1v) is 8.42. The number of thioether (sulfide) groups is 1. The van der Waals surface area contributed by atoms with Crippen LogP contribution in [0.15, 0.2) is 11.2 Å². The van der Waals surface area contributed by atoms with Crippen LogP contribution in [0, 0.1) is 0 Å². The number of hydrogen-bond donors (Lipinski definition) is 1.